The number of alkyl halides is 10. The topological polar surface area (TPSA) is 29.5 Å². The average Bonchev–Trinajstić information content (AvgIpc) is 2.58. The summed E-state index contributed by atoms with van der Waals surface area (Å²) in [4.78, 5) is 0. The maximum Gasteiger partial charge on any atom is 0.461 e. The third kappa shape index (κ3) is 5.38. The second-order valence-corrected chi connectivity index (χ2v) is 7.06. The molecule has 0 fully saturated rings. The van der Waals surface area contributed by atoms with Crippen LogP contribution >= 0.6 is 0 Å². The van der Waals surface area contributed by atoms with E-state index in [1.165, 1.54) is 26.0 Å². The molecule has 0 amide bonds. The van der Waals surface area contributed by atoms with E-state index >= 15 is 0 Å². The number of hydrogen-bond donors (Lipinski definition) is 1. The van der Waals surface area contributed by atoms with Gasteiger partial charge in [-0.2, -0.15) is 43.9 Å². The van der Waals surface area contributed by atoms with Crippen molar-refractivity contribution >= 4 is 6.08 Å². The van der Waals surface area contributed by atoms with Crippen molar-refractivity contribution in [1.29, 1.82) is 0 Å². The molecule has 182 valence electrons. The van der Waals surface area contributed by atoms with Crippen LogP contribution in [0.1, 0.15) is 29.2 Å². The standard InChI is InChI=1S/C20H20F10O2/c1-5-32-15(17(21,22)19(25,26)27)10-16(31,18(23,24)20(28,29)30)7-6-14-12(3)8-11(2)9-13(14)4/h6-10,31H,5H2,1-4H3/b7-6+,15-10-. The molecular weight excluding hydrogens is 462 g/mol. The van der Waals surface area contributed by atoms with Gasteiger partial charge in [-0.3, -0.25) is 0 Å². The van der Waals surface area contributed by atoms with Crippen molar-refractivity contribution in [3.05, 3.63) is 52.3 Å². The number of benzene rings is 1. The Bertz CT molecular complexity index is 858. The van der Waals surface area contributed by atoms with E-state index < -0.39 is 48.2 Å². The highest BCUT2D eigenvalue weighted by atomic mass is 19.4. The molecule has 1 N–H and O–H groups in total. The van der Waals surface area contributed by atoms with Crippen LogP contribution in [-0.2, 0) is 4.74 Å². The normalized spacial score (nSPS) is 16.4. The molecule has 12 heteroatoms. The smallest absolute Gasteiger partial charge is 0.461 e. The first-order valence-corrected chi connectivity index (χ1v) is 8.96. The van der Waals surface area contributed by atoms with Crippen LogP contribution in [0.5, 0.6) is 0 Å². The van der Waals surface area contributed by atoms with Crippen molar-refractivity contribution in [3.8, 4) is 0 Å². The molecule has 1 aromatic carbocycles. The number of allylic oxidation sites excluding steroid dienone is 1. The summed E-state index contributed by atoms with van der Waals surface area (Å²) in [5.41, 5.74) is -3.15. The Kier molecular flexibility index (Phi) is 7.77. The molecule has 1 atom stereocenters. The van der Waals surface area contributed by atoms with Gasteiger partial charge in [-0.15, -0.1) is 0 Å². The van der Waals surface area contributed by atoms with Gasteiger partial charge in [0, 0.05) is 6.08 Å². The van der Waals surface area contributed by atoms with Crippen LogP contribution in [0, 0.1) is 20.8 Å². The average molecular weight is 482 g/mol. The van der Waals surface area contributed by atoms with Crippen LogP contribution in [0.4, 0.5) is 43.9 Å². The maximum absolute atomic E-state index is 14.2. The van der Waals surface area contributed by atoms with Gasteiger partial charge in [0.1, 0.15) is 0 Å². The number of halogens is 10. The Balaban J connectivity index is 3.85. The first-order chi connectivity index (χ1) is 14.2. The van der Waals surface area contributed by atoms with Crippen molar-refractivity contribution < 1.29 is 53.7 Å². The molecule has 1 aromatic rings. The Labute approximate surface area is 177 Å². The van der Waals surface area contributed by atoms with Gasteiger partial charge in [0.25, 0.3) is 0 Å². The monoisotopic (exact) mass is 482 g/mol. The number of rotatable bonds is 7. The molecule has 0 radical (unpaired) electrons. The van der Waals surface area contributed by atoms with Crippen LogP contribution < -0.4 is 0 Å². The van der Waals surface area contributed by atoms with E-state index in [1.54, 1.807) is 6.92 Å². The fraction of sp³-hybridized carbons (Fsp3) is 0.500. The lowest BCUT2D eigenvalue weighted by molar-refractivity contribution is -0.322. The van der Waals surface area contributed by atoms with Crippen molar-refractivity contribution in [2.45, 2.75) is 57.5 Å². The Morgan fingerprint density at radius 1 is 0.875 bits per heavy atom. The third-order valence-corrected chi connectivity index (χ3v) is 4.42. The molecule has 1 unspecified atom stereocenters. The van der Waals surface area contributed by atoms with Gasteiger partial charge in [-0.05, 0) is 50.5 Å². The van der Waals surface area contributed by atoms with Gasteiger partial charge in [0.15, 0.2) is 11.4 Å². The lowest BCUT2D eigenvalue weighted by Crippen LogP contribution is -2.55. The van der Waals surface area contributed by atoms with Crippen molar-refractivity contribution in [3.63, 3.8) is 0 Å². The van der Waals surface area contributed by atoms with Crippen LogP contribution in [-0.4, -0.2) is 41.5 Å². The minimum absolute atomic E-state index is 0.0564. The van der Waals surface area contributed by atoms with E-state index in [1.807, 2.05) is 0 Å². The van der Waals surface area contributed by atoms with Crippen LogP contribution in [0.2, 0.25) is 0 Å². The van der Waals surface area contributed by atoms with Crippen molar-refractivity contribution in [2.24, 2.45) is 0 Å². The molecule has 0 saturated carbocycles. The van der Waals surface area contributed by atoms with Gasteiger partial charge >= 0.3 is 24.2 Å². The van der Waals surface area contributed by atoms with Crippen LogP contribution in [0.3, 0.4) is 0 Å². The minimum Gasteiger partial charge on any atom is -0.492 e. The van der Waals surface area contributed by atoms with Crippen LogP contribution in [0.25, 0.3) is 6.08 Å². The predicted octanol–water partition coefficient (Wildman–Crippen LogP) is 6.67. The molecule has 0 bridgehead atoms. The minimum atomic E-state index is -6.51. The Hall–Kier alpha value is -2.24. The fourth-order valence-corrected chi connectivity index (χ4v) is 2.85. The zero-order valence-electron chi connectivity index (χ0n) is 17.2. The largest absolute Gasteiger partial charge is 0.492 e. The van der Waals surface area contributed by atoms with E-state index in [-0.39, 0.29) is 11.6 Å². The van der Waals surface area contributed by atoms with Gasteiger partial charge < -0.3 is 9.84 Å². The molecule has 1 rings (SSSR count). The van der Waals surface area contributed by atoms with Crippen molar-refractivity contribution in [1.82, 2.24) is 0 Å². The van der Waals surface area contributed by atoms with E-state index in [0.29, 0.717) is 22.8 Å². The summed E-state index contributed by atoms with van der Waals surface area (Å²) in [7, 11) is 0. The lowest BCUT2D eigenvalue weighted by Gasteiger charge is -2.34. The van der Waals surface area contributed by atoms with E-state index in [2.05, 4.69) is 4.74 Å². The lowest BCUT2D eigenvalue weighted by atomic mass is 9.90. The highest BCUT2D eigenvalue weighted by molar-refractivity contribution is 5.60. The molecule has 0 aliphatic carbocycles. The molecule has 0 aliphatic heterocycles. The third-order valence-electron chi connectivity index (χ3n) is 4.42. The summed E-state index contributed by atoms with van der Waals surface area (Å²) in [6.45, 7) is 4.54. The summed E-state index contributed by atoms with van der Waals surface area (Å²) in [6, 6.07) is 3.04. The summed E-state index contributed by atoms with van der Waals surface area (Å²) in [5.74, 6) is -14.7. The number of aliphatic hydroxyl groups is 1. The maximum atomic E-state index is 14.2. The SMILES string of the molecule is CCO/C(=C\C(O)(/C=C/c1c(C)cc(C)cc1C)C(F)(F)C(F)(F)F)C(F)(F)C(F)(F)F. The molecule has 0 aromatic heterocycles. The zero-order chi connectivity index (χ0) is 25.3. The van der Waals surface area contributed by atoms with Gasteiger partial charge in [-0.25, -0.2) is 0 Å². The van der Waals surface area contributed by atoms with E-state index in [4.69, 9.17) is 0 Å². The second-order valence-electron chi connectivity index (χ2n) is 7.06. The van der Waals surface area contributed by atoms with E-state index in [0.717, 1.165) is 6.92 Å². The second kappa shape index (κ2) is 8.95. The summed E-state index contributed by atoms with van der Waals surface area (Å²) in [5, 5.41) is 10.2. The summed E-state index contributed by atoms with van der Waals surface area (Å²) in [6.07, 6.45) is -13.4. The molecule has 32 heavy (non-hydrogen) atoms. The highest BCUT2D eigenvalue weighted by Gasteiger charge is 2.70. The van der Waals surface area contributed by atoms with Gasteiger partial charge in [-0.1, -0.05) is 23.8 Å². The highest BCUT2D eigenvalue weighted by Crippen LogP contribution is 2.48. The molecular formula is C20H20F10O2. The molecule has 0 heterocycles. The van der Waals surface area contributed by atoms with Gasteiger partial charge in [0.05, 0.1) is 6.61 Å². The molecule has 2 nitrogen and oxygen atoms in total. The summed E-state index contributed by atoms with van der Waals surface area (Å²) < 4.78 is 137. The predicted molar refractivity (Wildman–Crippen MR) is 96.3 cm³/mol. The summed E-state index contributed by atoms with van der Waals surface area (Å²) >= 11 is 0. The molecule has 0 aliphatic rings. The molecule has 0 spiro atoms. The first-order valence-electron chi connectivity index (χ1n) is 8.96. The Morgan fingerprint density at radius 2 is 1.34 bits per heavy atom. The number of aryl methyl sites for hydroxylation is 3. The van der Waals surface area contributed by atoms with Gasteiger partial charge in [0.2, 0.25) is 0 Å². The fourth-order valence-electron chi connectivity index (χ4n) is 2.85. The molecule has 0 saturated heterocycles. The first kappa shape index (κ1) is 27.8. The van der Waals surface area contributed by atoms with Crippen molar-refractivity contribution in [2.75, 3.05) is 6.61 Å². The van der Waals surface area contributed by atoms with Crippen LogP contribution in [0.15, 0.2) is 30.0 Å². The number of ether oxygens (including phenoxy) is 1. The Morgan fingerprint density at radius 3 is 1.72 bits per heavy atom. The number of hydrogen-bond acceptors (Lipinski definition) is 2. The van der Waals surface area contributed by atoms with E-state index in [9.17, 15) is 49.0 Å². The quantitative estimate of drug-likeness (QED) is 0.348. The zero-order valence-corrected chi connectivity index (χ0v) is 17.2.